The van der Waals surface area contributed by atoms with Crippen LogP contribution < -0.4 is 4.72 Å². The molecule has 0 aromatic heterocycles. The number of sulfonamides is 1. The van der Waals surface area contributed by atoms with Crippen LogP contribution in [-0.4, -0.2) is 26.7 Å². The van der Waals surface area contributed by atoms with E-state index in [1.54, 1.807) is 12.1 Å². The summed E-state index contributed by atoms with van der Waals surface area (Å²) in [6, 6.07) is 7.06. The molecular weight excluding hydrogens is 274 g/mol. The van der Waals surface area contributed by atoms with Gasteiger partial charge in [-0.1, -0.05) is 32.9 Å². The van der Waals surface area contributed by atoms with Gasteiger partial charge in [-0.25, -0.2) is 13.1 Å². The summed E-state index contributed by atoms with van der Waals surface area (Å²) >= 11 is 0. The van der Waals surface area contributed by atoms with Crippen molar-refractivity contribution in [2.24, 2.45) is 5.92 Å². The zero-order valence-electron chi connectivity index (χ0n) is 12.5. The van der Waals surface area contributed by atoms with Crippen molar-refractivity contribution in [1.29, 1.82) is 0 Å². The van der Waals surface area contributed by atoms with Crippen LogP contribution in [0.2, 0.25) is 0 Å². The van der Waals surface area contributed by atoms with Gasteiger partial charge >= 0.3 is 0 Å². The number of rotatable bonds is 8. The van der Waals surface area contributed by atoms with Crippen molar-refractivity contribution in [3.05, 3.63) is 29.8 Å². The Morgan fingerprint density at radius 1 is 1.20 bits per heavy atom. The van der Waals surface area contributed by atoms with Gasteiger partial charge < -0.3 is 5.11 Å². The minimum atomic E-state index is -3.45. The van der Waals surface area contributed by atoms with E-state index in [2.05, 4.69) is 18.6 Å². The molecule has 2 N–H and O–H groups in total. The molecular formula is C15H25NO3S. The van der Waals surface area contributed by atoms with Crippen LogP contribution in [0.5, 0.6) is 0 Å². The average molecular weight is 299 g/mol. The first-order valence-corrected chi connectivity index (χ1v) is 8.59. The molecule has 0 saturated carbocycles. The van der Waals surface area contributed by atoms with Crippen molar-refractivity contribution in [2.45, 2.75) is 44.4 Å². The van der Waals surface area contributed by atoms with Gasteiger partial charge in [-0.2, -0.15) is 0 Å². The number of aliphatic hydroxyl groups is 1. The predicted octanol–water partition coefficient (Wildman–Crippen LogP) is 2.50. The monoisotopic (exact) mass is 299 g/mol. The Balaban J connectivity index is 2.73. The van der Waals surface area contributed by atoms with Crippen LogP contribution in [0.1, 0.15) is 45.1 Å². The molecule has 4 nitrogen and oxygen atoms in total. The smallest absolute Gasteiger partial charge is 0.240 e. The van der Waals surface area contributed by atoms with E-state index < -0.39 is 10.0 Å². The van der Waals surface area contributed by atoms with Crippen LogP contribution in [-0.2, 0) is 10.0 Å². The van der Waals surface area contributed by atoms with Crippen LogP contribution >= 0.6 is 0 Å². The lowest BCUT2D eigenvalue weighted by Crippen LogP contribution is -2.28. The van der Waals surface area contributed by atoms with Crippen LogP contribution in [0.3, 0.4) is 0 Å². The second kappa shape index (κ2) is 7.76. The van der Waals surface area contributed by atoms with Gasteiger partial charge in [0.2, 0.25) is 10.0 Å². The lowest BCUT2D eigenvalue weighted by Gasteiger charge is -2.13. The summed E-state index contributed by atoms with van der Waals surface area (Å²) in [5, 5.41) is 8.81. The molecule has 1 aromatic rings. The highest BCUT2D eigenvalue weighted by atomic mass is 32.2. The maximum Gasteiger partial charge on any atom is 0.240 e. The molecule has 0 aliphatic heterocycles. The normalized spacial score (nSPS) is 15.0. The molecule has 0 radical (unpaired) electrons. The average Bonchev–Trinajstić information content (AvgIpc) is 2.45. The van der Waals surface area contributed by atoms with Gasteiger partial charge in [-0.05, 0) is 42.4 Å². The molecule has 0 aliphatic rings. The van der Waals surface area contributed by atoms with Gasteiger partial charge in [-0.15, -0.1) is 0 Å². The zero-order valence-corrected chi connectivity index (χ0v) is 13.3. The number of hydrogen-bond donors (Lipinski definition) is 2. The van der Waals surface area contributed by atoms with Crippen molar-refractivity contribution < 1.29 is 13.5 Å². The quantitative estimate of drug-likeness (QED) is 0.775. The molecule has 5 heteroatoms. The molecule has 0 aliphatic carbocycles. The molecule has 1 aromatic carbocycles. The first-order chi connectivity index (χ1) is 9.40. The summed E-state index contributed by atoms with van der Waals surface area (Å²) in [5.41, 5.74) is 1.15. The van der Waals surface area contributed by atoms with E-state index in [4.69, 9.17) is 5.11 Å². The topological polar surface area (TPSA) is 66.4 Å². The van der Waals surface area contributed by atoms with E-state index >= 15 is 0 Å². The Morgan fingerprint density at radius 3 is 2.30 bits per heavy atom. The molecule has 0 bridgehead atoms. The molecule has 0 spiro atoms. The summed E-state index contributed by atoms with van der Waals surface area (Å²) in [5.74, 6) is 0.554. The molecule has 2 unspecified atom stereocenters. The highest BCUT2D eigenvalue weighted by Gasteiger charge is 2.15. The van der Waals surface area contributed by atoms with Gasteiger partial charge in [0.05, 0.1) is 4.90 Å². The Labute approximate surface area is 122 Å². The van der Waals surface area contributed by atoms with Crippen LogP contribution in [0, 0.1) is 5.92 Å². The van der Waals surface area contributed by atoms with E-state index in [0.29, 0.717) is 23.8 Å². The molecule has 2 atom stereocenters. The summed E-state index contributed by atoms with van der Waals surface area (Å²) in [6.45, 7) is 6.56. The third-order valence-corrected chi connectivity index (χ3v) is 5.05. The Bertz CT molecular complexity index is 496. The van der Waals surface area contributed by atoms with Crippen LogP contribution in [0.25, 0.3) is 0 Å². The largest absolute Gasteiger partial charge is 0.396 e. The fourth-order valence-corrected chi connectivity index (χ4v) is 3.03. The van der Waals surface area contributed by atoms with Crippen molar-refractivity contribution in [3.63, 3.8) is 0 Å². The second-order valence-electron chi connectivity index (χ2n) is 5.35. The van der Waals surface area contributed by atoms with Crippen molar-refractivity contribution in [1.82, 2.24) is 4.72 Å². The Morgan fingerprint density at radius 2 is 1.80 bits per heavy atom. The van der Waals surface area contributed by atoms with Crippen LogP contribution in [0.4, 0.5) is 0 Å². The second-order valence-corrected chi connectivity index (χ2v) is 7.11. The third kappa shape index (κ3) is 4.89. The number of aliphatic hydroxyl groups excluding tert-OH is 1. The van der Waals surface area contributed by atoms with Gasteiger partial charge in [0, 0.05) is 13.2 Å². The minimum Gasteiger partial charge on any atom is -0.396 e. The molecule has 0 fully saturated rings. The van der Waals surface area contributed by atoms with E-state index in [1.807, 2.05) is 19.1 Å². The summed E-state index contributed by atoms with van der Waals surface area (Å²) in [6.07, 6.45) is 1.62. The van der Waals surface area contributed by atoms with Gasteiger partial charge in [0.25, 0.3) is 0 Å². The third-order valence-electron chi connectivity index (χ3n) is 3.62. The SMILES string of the molecule is CCC(C)c1ccc(S(=O)(=O)NCC(C)CCO)cc1. The molecule has 0 amide bonds. The van der Waals surface area contributed by atoms with Gasteiger partial charge in [0.1, 0.15) is 0 Å². The fourth-order valence-electron chi connectivity index (χ4n) is 1.87. The first kappa shape index (κ1) is 17.1. The Kier molecular flexibility index (Phi) is 6.65. The fraction of sp³-hybridized carbons (Fsp3) is 0.600. The molecule has 20 heavy (non-hydrogen) atoms. The molecule has 0 saturated heterocycles. The molecule has 0 heterocycles. The number of benzene rings is 1. The molecule has 114 valence electrons. The van der Waals surface area contributed by atoms with E-state index in [0.717, 1.165) is 12.0 Å². The van der Waals surface area contributed by atoms with E-state index in [-0.39, 0.29) is 12.5 Å². The van der Waals surface area contributed by atoms with Gasteiger partial charge in [0.15, 0.2) is 0 Å². The maximum absolute atomic E-state index is 12.1. The van der Waals surface area contributed by atoms with Crippen molar-refractivity contribution in [3.8, 4) is 0 Å². The van der Waals surface area contributed by atoms with Crippen molar-refractivity contribution in [2.75, 3.05) is 13.2 Å². The standard InChI is InChI=1S/C15H25NO3S/c1-4-13(3)14-5-7-15(8-6-14)20(18,19)16-11-12(2)9-10-17/h5-8,12-13,16-17H,4,9-11H2,1-3H3. The number of hydrogen-bond acceptors (Lipinski definition) is 3. The first-order valence-electron chi connectivity index (χ1n) is 7.11. The Hall–Kier alpha value is -0.910. The van der Waals surface area contributed by atoms with Gasteiger partial charge in [-0.3, -0.25) is 0 Å². The maximum atomic E-state index is 12.1. The summed E-state index contributed by atoms with van der Waals surface area (Å²) in [7, 11) is -3.45. The highest BCUT2D eigenvalue weighted by Crippen LogP contribution is 2.20. The highest BCUT2D eigenvalue weighted by molar-refractivity contribution is 7.89. The molecule has 1 rings (SSSR count). The summed E-state index contributed by atoms with van der Waals surface area (Å²) < 4.78 is 26.8. The predicted molar refractivity (Wildman–Crippen MR) is 81.2 cm³/mol. The lowest BCUT2D eigenvalue weighted by atomic mass is 9.99. The van der Waals surface area contributed by atoms with Crippen molar-refractivity contribution >= 4 is 10.0 Å². The minimum absolute atomic E-state index is 0.0759. The zero-order chi connectivity index (χ0) is 15.2. The summed E-state index contributed by atoms with van der Waals surface area (Å²) in [4.78, 5) is 0.292. The van der Waals surface area contributed by atoms with Crippen LogP contribution in [0.15, 0.2) is 29.2 Å². The van der Waals surface area contributed by atoms with E-state index in [1.165, 1.54) is 0 Å². The van der Waals surface area contributed by atoms with E-state index in [9.17, 15) is 8.42 Å². The lowest BCUT2D eigenvalue weighted by molar-refractivity contribution is 0.263. The number of nitrogens with one attached hydrogen (secondary N) is 1.